The monoisotopic (exact) mass is 314 g/mol. The molecule has 2 amide bonds. The Bertz CT molecular complexity index is 783. The number of anilines is 1. The number of amides is 2. The Hall–Kier alpha value is -2.96. The number of carbonyl (C=O) groups is 2. The summed E-state index contributed by atoms with van der Waals surface area (Å²) in [5, 5.41) is 9.23. The van der Waals surface area contributed by atoms with Gasteiger partial charge in [0.15, 0.2) is 0 Å². The Labute approximate surface area is 133 Å². The van der Waals surface area contributed by atoms with Crippen LogP contribution >= 0.6 is 0 Å². The van der Waals surface area contributed by atoms with Gasteiger partial charge in [0.1, 0.15) is 5.69 Å². The summed E-state index contributed by atoms with van der Waals surface area (Å²) < 4.78 is 1.08. The number of hydrogen-bond donors (Lipinski definition) is 2. The van der Waals surface area contributed by atoms with Crippen LogP contribution in [0.2, 0.25) is 0 Å². The molecule has 0 aliphatic carbocycles. The lowest BCUT2D eigenvalue weighted by Gasteiger charge is -2.08. The van der Waals surface area contributed by atoms with E-state index in [1.807, 2.05) is 31.2 Å². The van der Waals surface area contributed by atoms with Gasteiger partial charge in [0.25, 0.3) is 11.5 Å². The van der Waals surface area contributed by atoms with Crippen molar-refractivity contribution in [2.45, 2.75) is 13.3 Å². The molecule has 2 rings (SSSR count). The molecule has 0 saturated heterocycles. The van der Waals surface area contributed by atoms with E-state index in [4.69, 9.17) is 0 Å². The van der Waals surface area contributed by atoms with Crippen molar-refractivity contribution in [2.24, 2.45) is 7.05 Å². The minimum atomic E-state index is -0.427. The molecule has 0 radical (unpaired) electrons. The fourth-order valence-corrected chi connectivity index (χ4v) is 1.93. The lowest BCUT2D eigenvalue weighted by Crippen LogP contribution is -2.30. The predicted octanol–water partition coefficient (Wildman–Crippen LogP) is 0.847. The largest absolute Gasteiger partial charge is 0.350 e. The summed E-state index contributed by atoms with van der Waals surface area (Å²) in [5.74, 6) is -0.614. The van der Waals surface area contributed by atoms with Gasteiger partial charge in [0, 0.05) is 31.8 Å². The Balaban J connectivity index is 1.83. The Morgan fingerprint density at radius 1 is 1.17 bits per heavy atom. The first-order valence-corrected chi connectivity index (χ1v) is 7.15. The van der Waals surface area contributed by atoms with Crippen molar-refractivity contribution in [3.8, 4) is 0 Å². The highest BCUT2D eigenvalue weighted by Gasteiger charge is 2.09. The second kappa shape index (κ2) is 7.35. The van der Waals surface area contributed by atoms with Gasteiger partial charge in [0.05, 0.1) is 0 Å². The van der Waals surface area contributed by atoms with Gasteiger partial charge >= 0.3 is 0 Å². The van der Waals surface area contributed by atoms with Crippen molar-refractivity contribution >= 4 is 17.5 Å². The number of aryl methyl sites for hydroxylation is 2. The summed E-state index contributed by atoms with van der Waals surface area (Å²) in [7, 11) is 1.47. The van der Waals surface area contributed by atoms with E-state index < -0.39 is 5.91 Å². The molecule has 7 heteroatoms. The maximum Gasteiger partial charge on any atom is 0.271 e. The second-order valence-corrected chi connectivity index (χ2v) is 5.05. The highest BCUT2D eigenvalue weighted by Crippen LogP contribution is 2.12. The lowest BCUT2D eigenvalue weighted by atomic mass is 10.2. The molecule has 0 aliphatic rings. The minimum absolute atomic E-state index is 0.131. The van der Waals surface area contributed by atoms with E-state index >= 15 is 0 Å². The van der Waals surface area contributed by atoms with Gasteiger partial charge in [-0.1, -0.05) is 18.2 Å². The highest BCUT2D eigenvalue weighted by atomic mass is 16.2. The zero-order chi connectivity index (χ0) is 16.8. The SMILES string of the molecule is Cc1ccccc1NC(=O)CCNC(=O)c1ccc(=O)n(C)n1. The molecule has 0 spiro atoms. The van der Waals surface area contributed by atoms with Crippen LogP contribution in [0.25, 0.3) is 0 Å². The van der Waals surface area contributed by atoms with Gasteiger partial charge in [-0.15, -0.1) is 0 Å². The second-order valence-electron chi connectivity index (χ2n) is 5.05. The smallest absolute Gasteiger partial charge is 0.271 e. The number of aromatic nitrogens is 2. The number of rotatable bonds is 5. The average molecular weight is 314 g/mol. The third-order valence-electron chi connectivity index (χ3n) is 3.25. The molecule has 0 aliphatic heterocycles. The van der Waals surface area contributed by atoms with Gasteiger partial charge in [-0.25, -0.2) is 4.68 Å². The molecule has 7 nitrogen and oxygen atoms in total. The van der Waals surface area contributed by atoms with E-state index in [1.165, 1.54) is 19.2 Å². The van der Waals surface area contributed by atoms with Gasteiger partial charge in [-0.3, -0.25) is 14.4 Å². The molecule has 0 fully saturated rings. The highest BCUT2D eigenvalue weighted by molar-refractivity contribution is 5.94. The summed E-state index contributed by atoms with van der Waals surface area (Å²) in [6.07, 6.45) is 0.145. The van der Waals surface area contributed by atoms with Crippen LogP contribution in [-0.2, 0) is 11.8 Å². The molecular formula is C16H18N4O3. The lowest BCUT2D eigenvalue weighted by molar-refractivity contribution is -0.116. The molecular weight excluding hydrogens is 296 g/mol. The molecule has 2 aromatic rings. The first-order chi connectivity index (χ1) is 11.0. The summed E-state index contributed by atoms with van der Waals surface area (Å²) >= 11 is 0. The first kappa shape index (κ1) is 16.4. The molecule has 23 heavy (non-hydrogen) atoms. The number of nitrogens with one attached hydrogen (secondary N) is 2. The van der Waals surface area contributed by atoms with E-state index in [0.717, 1.165) is 15.9 Å². The number of benzene rings is 1. The number of para-hydroxylation sites is 1. The zero-order valence-corrected chi connectivity index (χ0v) is 13.0. The van der Waals surface area contributed by atoms with Crippen molar-refractivity contribution < 1.29 is 9.59 Å². The van der Waals surface area contributed by atoms with Crippen molar-refractivity contribution in [1.29, 1.82) is 0 Å². The van der Waals surface area contributed by atoms with Crippen LogP contribution in [0.3, 0.4) is 0 Å². The average Bonchev–Trinajstić information content (AvgIpc) is 2.52. The van der Waals surface area contributed by atoms with E-state index in [0.29, 0.717) is 0 Å². The van der Waals surface area contributed by atoms with E-state index in [2.05, 4.69) is 15.7 Å². The third-order valence-corrected chi connectivity index (χ3v) is 3.25. The van der Waals surface area contributed by atoms with Crippen LogP contribution in [-0.4, -0.2) is 28.1 Å². The molecule has 0 unspecified atom stereocenters. The molecule has 2 N–H and O–H groups in total. The number of carbonyl (C=O) groups excluding carboxylic acids is 2. The van der Waals surface area contributed by atoms with Gasteiger partial charge < -0.3 is 10.6 Å². The Morgan fingerprint density at radius 3 is 2.61 bits per heavy atom. The van der Waals surface area contributed by atoms with Crippen molar-refractivity contribution in [3.05, 3.63) is 58.0 Å². The number of nitrogens with zero attached hydrogens (tertiary/aromatic N) is 2. The number of hydrogen-bond acceptors (Lipinski definition) is 4. The minimum Gasteiger partial charge on any atom is -0.350 e. The van der Waals surface area contributed by atoms with Crippen LogP contribution in [0, 0.1) is 6.92 Å². The van der Waals surface area contributed by atoms with Crippen molar-refractivity contribution in [3.63, 3.8) is 0 Å². The molecule has 120 valence electrons. The summed E-state index contributed by atoms with van der Waals surface area (Å²) in [6, 6.07) is 10.1. The van der Waals surface area contributed by atoms with Crippen LogP contribution in [0.15, 0.2) is 41.2 Å². The summed E-state index contributed by atoms with van der Waals surface area (Å²) in [4.78, 5) is 35.0. The Morgan fingerprint density at radius 2 is 1.91 bits per heavy atom. The van der Waals surface area contributed by atoms with Crippen LogP contribution < -0.4 is 16.2 Å². The topological polar surface area (TPSA) is 93.1 Å². The van der Waals surface area contributed by atoms with Gasteiger partial charge in [0.2, 0.25) is 5.91 Å². The van der Waals surface area contributed by atoms with E-state index in [1.54, 1.807) is 0 Å². The molecule has 0 atom stereocenters. The zero-order valence-electron chi connectivity index (χ0n) is 13.0. The quantitative estimate of drug-likeness (QED) is 0.855. The summed E-state index contributed by atoms with van der Waals surface area (Å²) in [5.41, 5.74) is 1.56. The van der Waals surface area contributed by atoms with Crippen molar-refractivity contribution in [1.82, 2.24) is 15.1 Å². The molecule has 1 aromatic carbocycles. The first-order valence-electron chi connectivity index (χ1n) is 7.15. The molecule has 0 saturated carbocycles. The molecule has 0 bridgehead atoms. The van der Waals surface area contributed by atoms with E-state index in [9.17, 15) is 14.4 Å². The fourth-order valence-electron chi connectivity index (χ4n) is 1.93. The Kier molecular flexibility index (Phi) is 5.24. The van der Waals surface area contributed by atoms with Crippen molar-refractivity contribution in [2.75, 3.05) is 11.9 Å². The predicted molar refractivity (Wildman–Crippen MR) is 86.2 cm³/mol. The van der Waals surface area contributed by atoms with Crippen LogP contribution in [0.5, 0.6) is 0 Å². The van der Waals surface area contributed by atoms with E-state index in [-0.39, 0.29) is 30.1 Å². The standard InChI is InChI=1S/C16H18N4O3/c1-11-5-3-4-6-12(11)18-14(21)9-10-17-16(23)13-7-8-15(22)20(2)19-13/h3-8H,9-10H2,1-2H3,(H,17,23)(H,18,21). The third kappa shape index (κ3) is 4.50. The molecule has 1 aromatic heterocycles. The van der Waals surface area contributed by atoms with Crippen LogP contribution in [0.4, 0.5) is 5.69 Å². The maximum atomic E-state index is 11.9. The molecule has 1 heterocycles. The summed E-state index contributed by atoms with van der Waals surface area (Å²) in [6.45, 7) is 2.09. The fraction of sp³-hybridized carbons (Fsp3) is 0.250. The van der Waals surface area contributed by atoms with Gasteiger partial charge in [-0.2, -0.15) is 5.10 Å². The normalized spacial score (nSPS) is 10.2. The van der Waals surface area contributed by atoms with Gasteiger partial charge in [-0.05, 0) is 24.6 Å². The maximum absolute atomic E-state index is 11.9. The van der Waals surface area contributed by atoms with Crippen LogP contribution in [0.1, 0.15) is 22.5 Å².